The standard InChI is InChI=1S/C15H23NO4S/c1-11-6-4-9-14(10-11)21(19,20)16-13(3)8-5-7-12(2)15(17)18/h4,6,9-10,12-13,16H,5,7-8H2,1-3H3,(H,17,18). The monoisotopic (exact) mass is 313 g/mol. The lowest BCUT2D eigenvalue weighted by Crippen LogP contribution is -2.32. The van der Waals surface area contributed by atoms with Gasteiger partial charge in [0.15, 0.2) is 0 Å². The Hall–Kier alpha value is -1.40. The SMILES string of the molecule is Cc1cccc(S(=O)(=O)NC(C)CCCC(C)C(=O)O)c1. The normalized spacial score (nSPS) is 14.6. The molecule has 2 unspecified atom stereocenters. The molecule has 2 N–H and O–H groups in total. The first-order valence-electron chi connectivity index (χ1n) is 7.04. The minimum Gasteiger partial charge on any atom is -0.481 e. The molecule has 0 amide bonds. The van der Waals surface area contributed by atoms with E-state index in [1.54, 1.807) is 32.0 Å². The molecule has 0 bridgehead atoms. The van der Waals surface area contributed by atoms with Crippen molar-refractivity contribution < 1.29 is 18.3 Å². The lowest BCUT2D eigenvalue weighted by molar-refractivity contribution is -0.141. The summed E-state index contributed by atoms with van der Waals surface area (Å²) in [6, 6.07) is 6.52. The summed E-state index contributed by atoms with van der Waals surface area (Å²) in [7, 11) is -3.52. The fourth-order valence-corrected chi connectivity index (χ4v) is 3.41. The highest BCUT2D eigenvalue weighted by Gasteiger charge is 2.18. The summed E-state index contributed by atoms with van der Waals surface area (Å²) in [5.74, 6) is -1.21. The molecule has 0 aliphatic rings. The van der Waals surface area contributed by atoms with Crippen LogP contribution in [0.4, 0.5) is 0 Å². The van der Waals surface area contributed by atoms with Gasteiger partial charge in [0.1, 0.15) is 0 Å². The molecule has 0 aliphatic heterocycles. The van der Waals surface area contributed by atoms with E-state index in [4.69, 9.17) is 5.11 Å². The van der Waals surface area contributed by atoms with E-state index >= 15 is 0 Å². The second kappa shape index (κ2) is 7.56. The predicted molar refractivity (Wildman–Crippen MR) is 81.6 cm³/mol. The number of sulfonamides is 1. The molecule has 0 radical (unpaired) electrons. The zero-order valence-corrected chi connectivity index (χ0v) is 13.5. The lowest BCUT2D eigenvalue weighted by Gasteiger charge is -2.15. The van der Waals surface area contributed by atoms with Gasteiger partial charge in [-0.1, -0.05) is 25.5 Å². The smallest absolute Gasteiger partial charge is 0.306 e. The molecule has 21 heavy (non-hydrogen) atoms. The molecule has 118 valence electrons. The van der Waals surface area contributed by atoms with Crippen LogP contribution >= 0.6 is 0 Å². The maximum atomic E-state index is 12.2. The van der Waals surface area contributed by atoms with Gasteiger partial charge in [0.05, 0.1) is 10.8 Å². The van der Waals surface area contributed by atoms with Crippen molar-refractivity contribution in [2.75, 3.05) is 0 Å². The van der Waals surface area contributed by atoms with Crippen molar-refractivity contribution in [1.29, 1.82) is 0 Å². The van der Waals surface area contributed by atoms with Crippen LogP contribution in [0.2, 0.25) is 0 Å². The Labute approximate surface area is 126 Å². The van der Waals surface area contributed by atoms with Gasteiger partial charge >= 0.3 is 5.97 Å². The fraction of sp³-hybridized carbons (Fsp3) is 0.533. The molecule has 5 nitrogen and oxygen atoms in total. The highest BCUT2D eigenvalue weighted by atomic mass is 32.2. The summed E-state index contributed by atoms with van der Waals surface area (Å²) < 4.78 is 27.0. The summed E-state index contributed by atoms with van der Waals surface area (Å²) >= 11 is 0. The first-order valence-corrected chi connectivity index (χ1v) is 8.52. The molecule has 1 rings (SSSR count). The van der Waals surface area contributed by atoms with E-state index in [0.717, 1.165) is 5.56 Å². The number of carbonyl (C=O) groups is 1. The summed E-state index contributed by atoms with van der Waals surface area (Å²) in [5.41, 5.74) is 0.890. The van der Waals surface area contributed by atoms with Crippen LogP contribution in [0.1, 0.15) is 38.7 Å². The van der Waals surface area contributed by atoms with Gasteiger partial charge in [-0.15, -0.1) is 0 Å². The van der Waals surface area contributed by atoms with Gasteiger partial charge in [-0.3, -0.25) is 4.79 Å². The summed E-state index contributed by atoms with van der Waals surface area (Å²) in [5, 5.41) is 8.80. The van der Waals surface area contributed by atoms with Crippen molar-refractivity contribution in [2.45, 2.75) is 51.0 Å². The van der Waals surface area contributed by atoms with Crippen molar-refractivity contribution in [3.8, 4) is 0 Å². The van der Waals surface area contributed by atoms with Crippen LogP contribution in [0.5, 0.6) is 0 Å². The maximum absolute atomic E-state index is 12.2. The third kappa shape index (κ3) is 5.85. The van der Waals surface area contributed by atoms with E-state index in [0.29, 0.717) is 19.3 Å². The van der Waals surface area contributed by atoms with Crippen LogP contribution < -0.4 is 4.72 Å². The molecule has 0 saturated carbocycles. The third-order valence-electron chi connectivity index (χ3n) is 3.35. The Balaban J connectivity index is 2.54. The fourth-order valence-electron chi connectivity index (χ4n) is 2.03. The predicted octanol–water partition coefficient (Wildman–Crippen LogP) is 2.55. The molecular formula is C15H23NO4S. The van der Waals surface area contributed by atoms with E-state index in [1.165, 1.54) is 0 Å². The summed E-state index contributed by atoms with van der Waals surface area (Å²) in [4.78, 5) is 11.0. The van der Waals surface area contributed by atoms with Crippen LogP contribution in [0.15, 0.2) is 29.2 Å². The van der Waals surface area contributed by atoms with E-state index in [2.05, 4.69) is 4.72 Å². The lowest BCUT2D eigenvalue weighted by atomic mass is 10.0. The van der Waals surface area contributed by atoms with Gasteiger partial charge in [-0.2, -0.15) is 0 Å². The first-order chi connectivity index (χ1) is 9.72. The Morgan fingerprint density at radius 1 is 1.29 bits per heavy atom. The van der Waals surface area contributed by atoms with Gasteiger partial charge in [0.25, 0.3) is 0 Å². The number of hydrogen-bond acceptors (Lipinski definition) is 3. The van der Waals surface area contributed by atoms with E-state index in [-0.39, 0.29) is 10.9 Å². The molecule has 2 atom stereocenters. The number of hydrogen-bond donors (Lipinski definition) is 2. The molecule has 1 aromatic rings. The van der Waals surface area contributed by atoms with Crippen LogP contribution in [-0.2, 0) is 14.8 Å². The highest BCUT2D eigenvalue weighted by molar-refractivity contribution is 7.89. The van der Waals surface area contributed by atoms with Crippen molar-refractivity contribution >= 4 is 16.0 Å². The zero-order valence-electron chi connectivity index (χ0n) is 12.7. The number of carboxylic acid groups (broad SMARTS) is 1. The molecule has 1 aromatic carbocycles. The molecule has 0 saturated heterocycles. The van der Waals surface area contributed by atoms with Gasteiger partial charge in [0, 0.05) is 6.04 Å². The Bertz CT molecular complexity index is 583. The molecular weight excluding hydrogens is 290 g/mol. The number of aryl methyl sites for hydroxylation is 1. The number of carboxylic acids is 1. The Morgan fingerprint density at radius 2 is 1.95 bits per heavy atom. The largest absolute Gasteiger partial charge is 0.481 e. The first kappa shape index (κ1) is 17.7. The third-order valence-corrected chi connectivity index (χ3v) is 4.94. The molecule has 0 heterocycles. The molecule has 0 aliphatic carbocycles. The minimum atomic E-state index is -3.52. The van der Waals surface area contributed by atoms with Crippen molar-refractivity contribution in [3.05, 3.63) is 29.8 Å². The second-order valence-corrected chi connectivity index (χ2v) is 7.22. The molecule has 0 aromatic heterocycles. The van der Waals surface area contributed by atoms with Crippen molar-refractivity contribution in [2.24, 2.45) is 5.92 Å². The zero-order chi connectivity index (χ0) is 16.0. The van der Waals surface area contributed by atoms with Crippen LogP contribution in [0.3, 0.4) is 0 Å². The Morgan fingerprint density at radius 3 is 2.52 bits per heavy atom. The number of benzene rings is 1. The van der Waals surface area contributed by atoms with Crippen LogP contribution in [0, 0.1) is 12.8 Å². The average molecular weight is 313 g/mol. The van der Waals surface area contributed by atoms with Gasteiger partial charge in [-0.25, -0.2) is 13.1 Å². The van der Waals surface area contributed by atoms with Gasteiger partial charge in [0.2, 0.25) is 10.0 Å². The van der Waals surface area contributed by atoms with Crippen molar-refractivity contribution in [1.82, 2.24) is 4.72 Å². The van der Waals surface area contributed by atoms with Crippen molar-refractivity contribution in [3.63, 3.8) is 0 Å². The highest BCUT2D eigenvalue weighted by Crippen LogP contribution is 2.14. The number of aliphatic carboxylic acids is 1. The molecule has 0 fully saturated rings. The Kier molecular flexibility index (Phi) is 6.36. The molecule has 6 heteroatoms. The van der Waals surface area contributed by atoms with Crippen LogP contribution in [0.25, 0.3) is 0 Å². The minimum absolute atomic E-state index is 0.225. The summed E-state index contributed by atoms with van der Waals surface area (Å²) in [6.45, 7) is 5.29. The molecule has 0 spiro atoms. The number of rotatable bonds is 8. The average Bonchev–Trinajstić information content (AvgIpc) is 2.37. The van der Waals surface area contributed by atoms with E-state index in [1.807, 2.05) is 13.0 Å². The van der Waals surface area contributed by atoms with Crippen LogP contribution in [-0.4, -0.2) is 25.5 Å². The second-order valence-electron chi connectivity index (χ2n) is 5.51. The number of nitrogens with one attached hydrogen (secondary N) is 1. The maximum Gasteiger partial charge on any atom is 0.306 e. The van der Waals surface area contributed by atoms with E-state index in [9.17, 15) is 13.2 Å². The summed E-state index contributed by atoms with van der Waals surface area (Å²) in [6.07, 6.45) is 1.83. The topological polar surface area (TPSA) is 83.5 Å². The van der Waals surface area contributed by atoms with Gasteiger partial charge < -0.3 is 5.11 Å². The van der Waals surface area contributed by atoms with E-state index < -0.39 is 21.9 Å². The van der Waals surface area contributed by atoms with Gasteiger partial charge in [-0.05, 0) is 44.4 Å². The quantitative estimate of drug-likeness (QED) is 0.772.